The summed E-state index contributed by atoms with van der Waals surface area (Å²) < 4.78 is 0. The average Bonchev–Trinajstić information content (AvgIpc) is 3.20. The van der Waals surface area contributed by atoms with E-state index < -0.39 is 0 Å². The minimum absolute atomic E-state index is 0.0637. The van der Waals surface area contributed by atoms with Crippen LogP contribution in [0.1, 0.15) is 40.9 Å². The van der Waals surface area contributed by atoms with Crippen LogP contribution < -0.4 is 5.32 Å². The van der Waals surface area contributed by atoms with Crippen molar-refractivity contribution in [2.75, 3.05) is 5.32 Å². The maximum Gasteiger partial charge on any atom is 0.291 e. The number of azo groups is 1. The van der Waals surface area contributed by atoms with Gasteiger partial charge in [0.05, 0.1) is 10.9 Å². The highest BCUT2D eigenvalue weighted by atomic mass is 32.1. The molecule has 5 nitrogen and oxygen atoms in total. The van der Waals surface area contributed by atoms with E-state index in [0.717, 1.165) is 48.1 Å². The second-order valence-electron chi connectivity index (χ2n) is 6.58. The number of carbonyl (C=O) groups excluding carboxylic acids is 2. The lowest BCUT2D eigenvalue weighted by Crippen LogP contribution is -2.23. The summed E-state index contributed by atoms with van der Waals surface area (Å²) >= 11 is 1.42. The van der Waals surface area contributed by atoms with E-state index in [1.807, 2.05) is 35.7 Å². The van der Waals surface area contributed by atoms with E-state index in [4.69, 9.17) is 0 Å². The molecule has 2 aromatic rings. The van der Waals surface area contributed by atoms with Crippen molar-refractivity contribution in [2.45, 2.75) is 38.1 Å². The van der Waals surface area contributed by atoms with E-state index in [1.165, 1.54) is 11.3 Å². The van der Waals surface area contributed by atoms with E-state index in [-0.39, 0.29) is 17.9 Å². The Morgan fingerprint density at radius 2 is 2.08 bits per heavy atom. The van der Waals surface area contributed by atoms with Crippen LogP contribution in [0.2, 0.25) is 0 Å². The molecule has 0 radical (unpaired) electrons. The third-order valence-corrected chi connectivity index (χ3v) is 5.69. The first-order valence-electron chi connectivity index (χ1n) is 8.81. The maximum atomic E-state index is 12.2. The average molecular weight is 365 g/mol. The third-order valence-electron chi connectivity index (χ3n) is 4.82. The lowest BCUT2D eigenvalue weighted by atomic mass is 9.84. The molecule has 0 saturated heterocycles. The van der Waals surface area contributed by atoms with Gasteiger partial charge < -0.3 is 5.32 Å². The van der Waals surface area contributed by atoms with Crippen LogP contribution in [0.25, 0.3) is 0 Å². The van der Waals surface area contributed by atoms with Gasteiger partial charge in [-0.15, -0.1) is 16.5 Å². The molecule has 132 valence electrons. The third kappa shape index (κ3) is 3.51. The molecule has 4 rings (SSSR count). The highest BCUT2D eigenvalue weighted by Gasteiger charge is 2.28. The van der Waals surface area contributed by atoms with Gasteiger partial charge in [-0.3, -0.25) is 9.59 Å². The fourth-order valence-electron chi connectivity index (χ4n) is 3.56. The molecule has 0 bridgehead atoms. The summed E-state index contributed by atoms with van der Waals surface area (Å²) in [6, 6.07) is 11.4. The summed E-state index contributed by atoms with van der Waals surface area (Å²) in [7, 11) is 0. The standard InChI is InChI=1S/C20H19N3O2S/c24-19-16-8-2-1-7-15(16)17(22-23-19)12-13-5-3-6-14(11-13)21-20(25)18-9-4-10-26-18/h3-6,9-11,17H,1-2,7-8,12H2,(H,21,25). The monoisotopic (exact) mass is 365 g/mol. The van der Waals surface area contributed by atoms with E-state index in [2.05, 4.69) is 15.5 Å². The zero-order valence-corrected chi connectivity index (χ0v) is 15.1. The maximum absolute atomic E-state index is 12.2. The molecule has 2 amide bonds. The van der Waals surface area contributed by atoms with Crippen LogP contribution in [-0.2, 0) is 11.2 Å². The molecule has 1 aromatic heterocycles. The number of nitrogens with zero attached hydrogens (tertiary/aromatic N) is 2. The Labute approximate surface area is 155 Å². The highest BCUT2D eigenvalue weighted by Crippen LogP contribution is 2.33. The van der Waals surface area contributed by atoms with Gasteiger partial charge in [0, 0.05) is 17.7 Å². The van der Waals surface area contributed by atoms with Crippen LogP contribution >= 0.6 is 11.3 Å². The summed E-state index contributed by atoms with van der Waals surface area (Å²) in [5, 5.41) is 12.9. The van der Waals surface area contributed by atoms with Crippen molar-refractivity contribution in [3.8, 4) is 0 Å². The molecular formula is C20H19N3O2S. The number of benzene rings is 1. The summed E-state index contributed by atoms with van der Waals surface area (Å²) in [4.78, 5) is 24.9. The van der Waals surface area contributed by atoms with Crippen molar-refractivity contribution in [1.29, 1.82) is 0 Å². The zero-order valence-electron chi connectivity index (χ0n) is 14.3. The molecule has 0 spiro atoms. The van der Waals surface area contributed by atoms with Gasteiger partial charge in [-0.25, -0.2) is 0 Å². The molecule has 2 heterocycles. The van der Waals surface area contributed by atoms with Crippen molar-refractivity contribution < 1.29 is 9.59 Å². The largest absolute Gasteiger partial charge is 0.321 e. The fraction of sp³-hybridized carbons (Fsp3) is 0.300. The molecule has 1 aliphatic heterocycles. The molecule has 0 fully saturated rings. The van der Waals surface area contributed by atoms with Gasteiger partial charge in [0.1, 0.15) is 0 Å². The number of rotatable bonds is 4. The van der Waals surface area contributed by atoms with E-state index >= 15 is 0 Å². The van der Waals surface area contributed by atoms with Gasteiger partial charge in [-0.05, 0) is 60.4 Å². The zero-order chi connectivity index (χ0) is 17.9. The van der Waals surface area contributed by atoms with Crippen molar-refractivity contribution in [2.24, 2.45) is 10.2 Å². The van der Waals surface area contributed by atoms with E-state index in [0.29, 0.717) is 11.3 Å². The number of thiophene rings is 1. The quantitative estimate of drug-likeness (QED) is 0.847. The normalized spacial score (nSPS) is 19.4. The topological polar surface area (TPSA) is 70.9 Å². The number of hydrogen-bond acceptors (Lipinski definition) is 4. The van der Waals surface area contributed by atoms with Gasteiger partial charge in [0.2, 0.25) is 0 Å². The molecular weight excluding hydrogens is 346 g/mol. The van der Waals surface area contributed by atoms with Crippen molar-refractivity contribution in [3.63, 3.8) is 0 Å². The number of carbonyl (C=O) groups is 2. The Morgan fingerprint density at radius 3 is 2.92 bits per heavy atom. The summed E-state index contributed by atoms with van der Waals surface area (Å²) in [6.07, 6.45) is 4.60. The Bertz CT molecular complexity index is 900. The smallest absolute Gasteiger partial charge is 0.291 e. The number of nitrogens with one attached hydrogen (secondary N) is 1. The minimum atomic E-state index is -0.159. The van der Waals surface area contributed by atoms with Crippen LogP contribution in [0.3, 0.4) is 0 Å². The molecule has 1 aliphatic carbocycles. The predicted molar refractivity (Wildman–Crippen MR) is 102 cm³/mol. The highest BCUT2D eigenvalue weighted by molar-refractivity contribution is 7.12. The van der Waals surface area contributed by atoms with Gasteiger partial charge in [0.25, 0.3) is 11.8 Å². The molecule has 1 aromatic carbocycles. The molecule has 6 heteroatoms. The van der Waals surface area contributed by atoms with Gasteiger partial charge in [-0.1, -0.05) is 18.2 Å². The molecule has 1 N–H and O–H groups in total. The minimum Gasteiger partial charge on any atom is -0.321 e. The van der Waals surface area contributed by atoms with Gasteiger partial charge in [-0.2, -0.15) is 5.11 Å². The first-order chi connectivity index (χ1) is 12.7. The Kier molecular flexibility index (Phi) is 4.75. The Morgan fingerprint density at radius 1 is 1.19 bits per heavy atom. The lowest BCUT2D eigenvalue weighted by molar-refractivity contribution is -0.115. The van der Waals surface area contributed by atoms with Crippen LogP contribution in [0.4, 0.5) is 5.69 Å². The van der Waals surface area contributed by atoms with Gasteiger partial charge >= 0.3 is 0 Å². The number of anilines is 1. The number of amides is 2. The predicted octanol–water partition coefficient (Wildman–Crippen LogP) is 4.77. The molecule has 2 aliphatic rings. The SMILES string of the molecule is O=C1N=NC(Cc2cccc(NC(=O)c3cccs3)c2)C2=C1CCCC2. The van der Waals surface area contributed by atoms with E-state index in [9.17, 15) is 9.59 Å². The Balaban J connectivity index is 1.50. The molecule has 1 unspecified atom stereocenters. The first kappa shape index (κ1) is 16.8. The number of hydrogen-bond donors (Lipinski definition) is 1. The van der Waals surface area contributed by atoms with E-state index in [1.54, 1.807) is 6.07 Å². The second kappa shape index (κ2) is 7.33. The van der Waals surface area contributed by atoms with Crippen LogP contribution in [0, 0.1) is 0 Å². The van der Waals surface area contributed by atoms with Crippen molar-refractivity contribution in [1.82, 2.24) is 0 Å². The van der Waals surface area contributed by atoms with Crippen LogP contribution in [-0.4, -0.2) is 17.9 Å². The van der Waals surface area contributed by atoms with Gasteiger partial charge in [0.15, 0.2) is 0 Å². The molecule has 0 saturated carbocycles. The van der Waals surface area contributed by atoms with Crippen molar-refractivity contribution >= 4 is 28.8 Å². The fourth-order valence-corrected chi connectivity index (χ4v) is 4.18. The first-order valence-corrected chi connectivity index (χ1v) is 9.69. The van der Waals surface area contributed by atoms with Crippen LogP contribution in [0.5, 0.6) is 0 Å². The Hall–Kier alpha value is -2.60. The molecule has 1 atom stereocenters. The second-order valence-corrected chi connectivity index (χ2v) is 7.53. The lowest BCUT2D eigenvalue weighted by Gasteiger charge is -2.25. The molecule has 26 heavy (non-hydrogen) atoms. The van der Waals surface area contributed by atoms with Crippen LogP contribution in [0.15, 0.2) is 63.2 Å². The van der Waals surface area contributed by atoms with Crippen molar-refractivity contribution in [3.05, 3.63) is 63.4 Å². The summed E-state index contributed by atoms with van der Waals surface area (Å²) in [5.74, 6) is -0.259. The summed E-state index contributed by atoms with van der Waals surface area (Å²) in [5.41, 5.74) is 3.87. The summed E-state index contributed by atoms with van der Waals surface area (Å²) in [6.45, 7) is 0.